The molecule has 0 spiro atoms. The number of rotatable bonds is 7. The Morgan fingerprint density at radius 2 is 1.54 bits per heavy atom. The fourth-order valence-corrected chi connectivity index (χ4v) is 3.94. The van der Waals surface area contributed by atoms with Crippen molar-refractivity contribution < 1.29 is 10.0 Å². The highest BCUT2D eigenvalue weighted by Crippen LogP contribution is 2.12. The second kappa shape index (κ2) is 17.6. The van der Waals surface area contributed by atoms with E-state index in [-0.39, 0.29) is 12.3 Å². The van der Waals surface area contributed by atoms with Crippen molar-refractivity contribution in [3.8, 4) is 0 Å². The normalized spacial score (nSPS) is 16.9. The lowest BCUT2D eigenvalue weighted by Crippen LogP contribution is -2.44. The topological polar surface area (TPSA) is 111 Å². The van der Waals surface area contributed by atoms with E-state index in [1.807, 2.05) is 12.1 Å². The van der Waals surface area contributed by atoms with E-state index in [1.54, 1.807) is 24.3 Å². The van der Waals surface area contributed by atoms with Gasteiger partial charge in [0.15, 0.2) is 0 Å². The number of piperazine rings is 2. The molecule has 2 aromatic rings. The molecule has 204 valence electrons. The summed E-state index contributed by atoms with van der Waals surface area (Å²) in [6, 6.07) is 14.4. The SMILES string of the molecule is CN1CCN(CCCc2ccc(N)cc2)CC1.CN1CCNCC1.O=[N+]([O-])c1ccc(/C=C/CO)cc1. The van der Waals surface area contributed by atoms with E-state index >= 15 is 0 Å². The van der Waals surface area contributed by atoms with Gasteiger partial charge >= 0.3 is 0 Å². The molecule has 0 atom stereocenters. The molecule has 0 bridgehead atoms. The van der Waals surface area contributed by atoms with E-state index in [0.29, 0.717) is 0 Å². The number of nitro groups is 1. The maximum absolute atomic E-state index is 10.3. The van der Waals surface area contributed by atoms with Gasteiger partial charge in [-0.25, -0.2) is 0 Å². The van der Waals surface area contributed by atoms with Crippen molar-refractivity contribution in [1.29, 1.82) is 0 Å². The van der Waals surface area contributed by atoms with Gasteiger partial charge in [-0.3, -0.25) is 10.1 Å². The van der Waals surface area contributed by atoms with Crippen molar-refractivity contribution in [3.63, 3.8) is 0 Å². The summed E-state index contributed by atoms with van der Waals surface area (Å²) in [5.41, 5.74) is 8.83. The highest BCUT2D eigenvalue weighted by molar-refractivity contribution is 5.51. The third-order valence-electron chi connectivity index (χ3n) is 6.38. The van der Waals surface area contributed by atoms with E-state index in [1.165, 1.54) is 69.9 Å². The molecule has 0 saturated carbocycles. The molecular formula is C28H44N6O3. The Bertz CT molecular complexity index is 907. The number of non-ortho nitro benzene ring substituents is 1. The molecule has 2 saturated heterocycles. The maximum Gasteiger partial charge on any atom is 0.269 e. The first-order valence-corrected chi connectivity index (χ1v) is 13.0. The van der Waals surface area contributed by atoms with Gasteiger partial charge < -0.3 is 30.9 Å². The summed E-state index contributed by atoms with van der Waals surface area (Å²) in [6.45, 7) is 10.8. The molecule has 2 aliphatic heterocycles. The number of aliphatic hydroxyl groups is 1. The van der Waals surface area contributed by atoms with Gasteiger partial charge in [0.25, 0.3) is 5.69 Å². The highest BCUT2D eigenvalue weighted by atomic mass is 16.6. The molecule has 0 aromatic heterocycles. The van der Waals surface area contributed by atoms with Crippen LogP contribution in [0.3, 0.4) is 0 Å². The monoisotopic (exact) mass is 512 g/mol. The predicted molar refractivity (Wildman–Crippen MR) is 153 cm³/mol. The number of anilines is 1. The number of aryl methyl sites for hydroxylation is 1. The van der Waals surface area contributed by atoms with Gasteiger partial charge in [-0.05, 0) is 68.9 Å². The summed E-state index contributed by atoms with van der Waals surface area (Å²) in [4.78, 5) is 17.1. The minimum absolute atomic E-state index is 0.0308. The molecule has 2 heterocycles. The third-order valence-corrected chi connectivity index (χ3v) is 6.38. The first-order valence-electron chi connectivity index (χ1n) is 13.0. The zero-order chi connectivity index (χ0) is 26.9. The molecule has 0 radical (unpaired) electrons. The van der Waals surface area contributed by atoms with Crippen LogP contribution in [-0.2, 0) is 6.42 Å². The second-order valence-corrected chi connectivity index (χ2v) is 9.48. The van der Waals surface area contributed by atoms with Crippen LogP contribution < -0.4 is 11.1 Å². The van der Waals surface area contributed by atoms with E-state index in [9.17, 15) is 10.1 Å². The lowest BCUT2D eigenvalue weighted by atomic mass is 10.1. The molecular weight excluding hydrogens is 468 g/mol. The molecule has 4 rings (SSSR count). The molecule has 4 N–H and O–H groups in total. The van der Waals surface area contributed by atoms with Gasteiger partial charge in [-0.1, -0.05) is 24.3 Å². The molecule has 2 fully saturated rings. The van der Waals surface area contributed by atoms with Crippen LogP contribution in [0.5, 0.6) is 0 Å². The Kier molecular flexibility index (Phi) is 14.5. The van der Waals surface area contributed by atoms with Crippen LogP contribution in [0, 0.1) is 10.1 Å². The van der Waals surface area contributed by atoms with Crippen LogP contribution in [0.2, 0.25) is 0 Å². The predicted octanol–water partition coefficient (Wildman–Crippen LogP) is 2.57. The molecule has 0 unspecified atom stereocenters. The molecule has 2 aromatic carbocycles. The Hall–Kier alpha value is -2.82. The number of nitrogens with two attached hydrogens (primary N) is 1. The molecule has 0 aliphatic carbocycles. The first-order chi connectivity index (χ1) is 17.9. The fraction of sp³-hybridized carbons (Fsp3) is 0.500. The fourth-order valence-electron chi connectivity index (χ4n) is 3.94. The Labute approximate surface area is 221 Å². The molecule has 9 nitrogen and oxygen atoms in total. The lowest BCUT2D eigenvalue weighted by Gasteiger charge is -2.32. The summed E-state index contributed by atoms with van der Waals surface area (Å²) in [5, 5.41) is 22.0. The Morgan fingerprint density at radius 1 is 0.946 bits per heavy atom. The Morgan fingerprint density at radius 3 is 2.05 bits per heavy atom. The number of nitrogen functional groups attached to an aromatic ring is 1. The quantitative estimate of drug-likeness (QED) is 0.295. The van der Waals surface area contributed by atoms with Gasteiger partial charge in [0.2, 0.25) is 0 Å². The van der Waals surface area contributed by atoms with Gasteiger partial charge in [0.05, 0.1) is 11.5 Å². The van der Waals surface area contributed by atoms with Gasteiger partial charge in [0, 0.05) is 70.2 Å². The molecule has 37 heavy (non-hydrogen) atoms. The van der Waals surface area contributed by atoms with Crippen molar-refractivity contribution >= 4 is 17.5 Å². The van der Waals surface area contributed by atoms with Gasteiger partial charge in [0.1, 0.15) is 0 Å². The number of likely N-dealkylation sites (N-methyl/N-ethyl adjacent to an activating group) is 2. The summed E-state index contributed by atoms with van der Waals surface area (Å²) in [5.74, 6) is 0. The molecule has 2 aliphatic rings. The number of nitrogens with one attached hydrogen (secondary N) is 1. The average Bonchev–Trinajstić information content (AvgIpc) is 2.91. The van der Waals surface area contributed by atoms with Crippen LogP contribution in [0.25, 0.3) is 6.08 Å². The summed E-state index contributed by atoms with van der Waals surface area (Å²) < 4.78 is 0. The van der Waals surface area contributed by atoms with E-state index in [0.717, 1.165) is 30.8 Å². The van der Waals surface area contributed by atoms with Crippen molar-refractivity contribution in [2.45, 2.75) is 12.8 Å². The zero-order valence-electron chi connectivity index (χ0n) is 22.4. The van der Waals surface area contributed by atoms with Crippen LogP contribution in [0.15, 0.2) is 54.6 Å². The van der Waals surface area contributed by atoms with Gasteiger partial charge in [-0.2, -0.15) is 0 Å². The number of aliphatic hydroxyl groups excluding tert-OH is 1. The largest absolute Gasteiger partial charge is 0.399 e. The smallest absolute Gasteiger partial charge is 0.269 e. The van der Waals surface area contributed by atoms with Crippen molar-refractivity contribution in [3.05, 3.63) is 75.8 Å². The second-order valence-electron chi connectivity index (χ2n) is 9.48. The van der Waals surface area contributed by atoms with E-state index < -0.39 is 4.92 Å². The van der Waals surface area contributed by atoms with Crippen LogP contribution in [-0.4, -0.2) is 104 Å². The third kappa shape index (κ3) is 13.3. The molecule has 0 amide bonds. The molecule has 9 heteroatoms. The van der Waals surface area contributed by atoms with Crippen LogP contribution >= 0.6 is 0 Å². The standard InChI is InChI=1S/C14H23N3.C9H9NO3.C5H12N2/c1-16-9-11-17(12-10-16)8-2-3-13-4-6-14(15)7-5-13;11-7-1-2-8-3-5-9(6-4-8)10(12)13;1-7-4-2-6-3-5-7/h4-7H,2-3,8-12,15H2,1H3;1-6,11H,7H2;6H,2-5H2,1H3/b;2-1+;. The van der Waals surface area contributed by atoms with Crippen molar-refractivity contribution in [2.75, 3.05) is 85.3 Å². The van der Waals surface area contributed by atoms with Crippen LogP contribution in [0.1, 0.15) is 17.5 Å². The number of hydrogen-bond donors (Lipinski definition) is 3. The number of benzene rings is 2. The first kappa shape index (κ1) is 30.4. The summed E-state index contributed by atoms with van der Waals surface area (Å²) in [7, 11) is 4.35. The lowest BCUT2D eigenvalue weighted by molar-refractivity contribution is -0.384. The van der Waals surface area contributed by atoms with Crippen LogP contribution in [0.4, 0.5) is 11.4 Å². The van der Waals surface area contributed by atoms with Crippen molar-refractivity contribution in [2.24, 2.45) is 0 Å². The zero-order valence-corrected chi connectivity index (χ0v) is 22.4. The van der Waals surface area contributed by atoms with E-state index in [2.05, 4.69) is 46.2 Å². The van der Waals surface area contributed by atoms with E-state index in [4.69, 9.17) is 10.8 Å². The number of nitro benzene ring substituents is 1. The highest BCUT2D eigenvalue weighted by Gasteiger charge is 2.12. The minimum atomic E-state index is -0.445. The number of hydrogen-bond acceptors (Lipinski definition) is 8. The Balaban J connectivity index is 0.000000212. The summed E-state index contributed by atoms with van der Waals surface area (Å²) in [6.07, 6.45) is 5.67. The van der Waals surface area contributed by atoms with Crippen molar-refractivity contribution in [1.82, 2.24) is 20.0 Å². The number of nitrogens with zero attached hydrogens (tertiary/aromatic N) is 4. The maximum atomic E-state index is 10.3. The van der Waals surface area contributed by atoms with Gasteiger partial charge in [-0.15, -0.1) is 0 Å². The minimum Gasteiger partial charge on any atom is -0.399 e. The average molecular weight is 513 g/mol. The summed E-state index contributed by atoms with van der Waals surface area (Å²) >= 11 is 0.